The predicted molar refractivity (Wildman–Crippen MR) is 60.1 cm³/mol. The van der Waals surface area contributed by atoms with Crippen molar-refractivity contribution in [3.05, 3.63) is 34.2 Å². The number of rotatable bonds is 0. The van der Waals surface area contributed by atoms with Crippen LogP contribution in [-0.4, -0.2) is 20.7 Å². The highest BCUT2D eigenvalue weighted by molar-refractivity contribution is 5.79. The van der Waals surface area contributed by atoms with Gasteiger partial charge in [0.25, 0.3) is 0 Å². The molecule has 1 aromatic carbocycles. The number of aliphatic hydroxyl groups excluding tert-OH is 1. The molecular formula is C11H13N3O2. The van der Waals surface area contributed by atoms with Crippen molar-refractivity contribution in [3.63, 3.8) is 0 Å². The van der Waals surface area contributed by atoms with Gasteiger partial charge in [-0.15, -0.1) is 0 Å². The van der Waals surface area contributed by atoms with E-state index in [0.717, 1.165) is 16.6 Å². The molecule has 1 aromatic heterocycles. The van der Waals surface area contributed by atoms with Crippen molar-refractivity contribution >= 4 is 11.0 Å². The van der Waals surface area contributed by atoms with Gasteiger partial charge in [0, 0.05) is 18.2 Å². The Balaban J connectivity index is 2.41. The smallest absolute Gasteiger partial charge is 0.326 e. The molecule has 3 rings (SSSR count). The summed E-state index contributed by atoms with van der Waals surface area (Å²) < 4.78 is 1.65. The molecule has 84 valence electrons. The summed E-state index contributed by atoms with van der Waals surface area (Å²) >= 11 is 0. The molecule has 1 aliphatic rings. The zero-order valence-corrected chi connectivity index (χ0v) is 8.68. The summed E-state index contributed by atoms with van der Waals surface area (Å²) in [6, 6.07) is 5.16. The van der Waals surface area contributed by atoms with Crippen LogP contribution in [0.25, 0.3) is 11.0 Å². The molecule has 5 nitrogen and oxygen atoms in total. The summed E-state index contributed by atoms with van der Waals surface area (Å²) in [5.41, 5.74) is 8.01. The Morgan fingerprint density at radius 1 is 1.50 bits per heavy atom. The summed E-state index contributed by atoms with van der Waals surface area (Å²) in [6.45, 7) is 0.550. The number of imidazole rings is 1. The Morgan fingerprint density at radius 2 is 2.31 bits per heavy atom. The number of hydrogen-bond acceptors (Lipinski definition) is 3. The van der Waals surface area contributed by atoms with Gasteiger partial charge in [-0.05, 0) is 12.5 Å². The van der Waals surface area contributed by atoms with E-state index in [0.29, 0.717) is 13.0 Å². The quantitative estimate of drug-likeness (QED) is 0.587. The summed E-state index contributed by atoms with van der Waals surface area (Å²) in [5.74, 6) is 0. The Labute approximate surface area is 91.5 Å². The van der Waals surface area contributed by atoms with E-state index in [1.54, 1.807) is 4.57 Å². The van der Waals surface area contributed by atoms with Crippen LogP contribution in [0.4, 0.5) is 0 Å². The molecule has 0 spiro atoms. The molecule has 0 bridgehead atoms. The molecule has 2 unspecified atom stereocenters. The predicted octanol–water partition coefficient (Wildman–Crippen LogP) is 0.0940. The molecule has 4 N–H and O–H groups in total. The normalized spacial score (nSPS) is 24.6. The molecule has 16 heavy (non-hydrogen) atoms. The van der Waals surface area contributed by atoms with Gasteiger partial charge in [0.15, 0.2) is 0 Å². The van der Waals surface area contributed by atoms with Crippen LogP contribution in [0.3, 0.4) is 0 Å². The number of H-pyrrole nitrogens is 1. The largest absolute Gasteiger partial charge is 0.387 e. The van der Waals surface area contributed by atoms with E-state index in [-0.39, 0.29) is 11.7 Å². The fourth-order valence-electron chi connectivity index (χ4n) is 2.37. The molecular weight excluding hydrogens is 206 g/mol. The Bertz CT molecular complexity index is 599. The van der Waals surface area contributed by atoms with Gasteiger partial charge < -0.3 is 15.8 Å². The number of aromatic amines is 1. The minimum absolute atomic E-state index is 0.135. The molecule has 0 radical (unpaired) electrons. The van der Waals surface area contributed by atoms with Crippen LogP contribution < -0.4 is 11.4 Å². The molecule has 0 fully saturated rings. The maximum Gasteiger partial charge on any atom is 0.326 e. The van der Waals surface area contributed by atoms with Gasteiger partial charge in [0.05, 0.1) is 17.1 Å². The van der Waals surface area contributed by atoms with E-state index in [9.17, 15) is 9.90 Å². The number of nitrogens with two attached hydrogens (primary N) is 1. The first-order valence-electron chi connectivity index (χ1n) is 5.33. The van der Waals surface area contributed by atoms with Crippen LogP contribution in [0.1, 0.15) is 18.1 Å². The maximum atomic E-state index is 11.7. The van der Waals surface area contributed by atoms with Crippen LogP contribution in [0.15, 0.2) is 23.0 Å². The number of hydrogen-bond donors (Lipinski definition) is 3. The van der Waals surface area contributed by atoms with Crippen molar-refractivity contribution in [3.8, 4) is 0 Å². The van der Waals surface area contributed by atoms with E-state index in [1.807, 2.05) is 18.2 Å². The number of nitrogens with one attached hydrogen (secondary N) is 1. The third-order valence-corrected chi connectivity index (χ3v) is 3.23. The number of aryl methyl sites for hydroxylation is 1. The molecule has 2 heterocycles. The van der Waals surface area contributed by atoms with Crippen LogP contribution in [0.2, 0.25) is 0 Å². The van der Waals surface area contributed by atoms with Gasteiger partial charge in [-0.25, -0.2) is 4.79 Å². The Morgan fingerprint density at radius 3 is 3.12 bits per heavy atom. The third-order valence-electron chi connectivity index (χ3n) is 3.23. The first-order valence-corrected chi connectivity index (χ1v) is 5.33. The number of para-hydroxylation sites is 1. The fourth-order valence-corrected chi connectivity index (χ4v) is 2.37. The van der Waals surface area contributed by atoms with Crippen molar-refractivity contribution < 1.29 is 5.11 Å². The van der Waals surface area contributed by atoms with Crippen LogP contribution in [-0.2, 0) is 6.54 Å². The van der Waals surface area contributed by atoms with Crippen molar-refractivity contribution in [2.45, 2.75) is 25.1 Å². The van der Waals surface area contributed by atoms with E-state index in [2.05, 4.69) is 4.98 Å². The van der Waals surface area contributed by atoms with Gasteiger partial charge in [-0.3, -0.25) is 4.57 Å². The van der Waals surface area contributed by atoms with Crippen LogP contribution in [0, 0.1) is 0 Å². The molecule has 1 aliphatic heterocycles. The lowest BCUT2D eigenvalue weighted by Gasteiger charge is -2.15. The highest BCUT2D eigenvalue weighted by atomic mass is 16.3. The highest BCUT2D eigenvalue weighted by Crippen LogP contribution is 2.28. The van der Waals surface area contributed by atoms with Crippen molar-refractivity contribution in [2.24, 2.45) is 5.73 Å². The topological polar surface area (TPSA) is 84.0 Å². The number of nitrogens with zero attached hydrogens (tertiary/aromatic N) is 1. The average molecular weight is 219 g/mol. The lowest BCUT2D eigenvalue weighted by Crippen LogP contribution is -2.28. The summed E-state index contributed by atoms with van der Waals surface area (Å²) in [4.78, 5) is 14.5. The zero-order chi connectivity index (χ0) is 11.3. The average Bonchev–Trinajstić information content (AvgIpc) is 2.53. The second-order valence-electron chi connectivity index (χ2n) is 4.22. The second kappa shape index (κ2) is 3.20. The number of aliphatic hydroxyl groups is 1. The van der Waals surface area contributed by atoms with Crippen LogP contribution in [0.5, 0.6) is 0 Å². The van der Waals surface area contributed by atoms with Crippen LogP contribution >= 0.6 is 0 Å². The number of aromatic nitrogens is 2. The van der Waals surface area contributed by atoms with Gasteiger partial charge in [0.1, 0.15) is 0 Å². The maximum absolute atomic E-state index is 11.7. The molecule has 0 aliphatic carbocycles. The minimum Gasteiger partial charge on any atom is -0.387 e. The SMILES string of the molecule is NC1CCn2c(=O)[nH]c3cccc(c32)C1O. The molecule has 2 aromatic rings. The zero-order valence-electron chi connectivity index (χ0n) is 8.68. The standard InChI is InChI=1S/C11H13N3O2/c12-7-4-5-14-9-6(10(7)15)2-1-3-8(9)13-11(14)16/h1-3,7,10,15H,4-5,12H2,(H,13,16). The molecule has 0 saturated carbocycles. The molecule has 0 amide bonds. The van der Waals surface area contributed by atoms with E-state index in [4.69, 9.17) is 5.73 Å². The second-order valence-corrected chi connectivity index (χ2v) is 4.22. The van der Waals surface area contributed by atoms with Gasteiger partial charge in [0.2, 0.25) is 0 Å². The highest BCUT2D eigenvalue weighted by Gasteiger charge is 2.25. The Hall–Kier alpha value is -1.59. The minimum atomic E-state index is -0.701. The third kappa shape index (κ3) is 1.15. The first-order chi connectivity index (χ1) is 7.68. The molecule has 5 heteroatoms. The number of benzene rings is 1. The first kappa shape index (κ1) is 9.62. The Kier molecular flexibility index (Phi) is 1.92. The lowest BCUT2D eigenvalue weighted by molar-refractivity contribution is 0.144. The summed E-state index contributed by atoms with van der Waals surface area (Å²) in [7, 11) is 0. The molecule has 0 saturated heterocycles. The van der Waals surface area contributed by atoms with Gasteiger partial charge in [-0.2, -0.15) is 0 Å². The molecule has 2 atom stereocenters. The van der Waals surface area contributed by atoms with Crippen molar-refractivity contribution in [1.29, 1.82) is 0 Å². The van der Waals surface area contributed by atoms with E-state index >= 15 is 0 Å². The lowest BCUT2D eigenvalue weighted by atomic mass is 10.0. The fraction of sp³-hybridized carbons (Fsp3) is 0.364. The monoisotopic (exact) mass is 219 g/mol. The van der Waals surface area contributed by atoms with E-state index in [1.165, 1.54) is 0 Å². The van der Waals surface area contributed by atoms with E-state index < -0.39 is 6.10 Å². The van der Waals surface area contributed by atoms with Gasteiger partial charge in [-0.1, -0.05) is 12.1 Å². The van der Waals surface area contributed by atoms with Crippen molar-refractivity contribution in [1.82, 2.24) is 9.55 Å². The van der Waals surface area contributed by atoms with Crippen molar-refractivity contribution in [2.75, 3.05) is 0 Å². The summed E-state index contributed by atoms with van der Waals surface area (Å²) in [5, 5.41) is 10.1. The van der Waals surface area contributed by atoms with Gasteiger partial charge >= 0.3 is 5.69 Å². The summed E-state index contributed by atoms with van der Waals surface area (Å²) in [6.07, 6.45) is -0.101.